The molecule has 0 saturated carbocycles. The van der Waals surface area contributed by atoms with Crippen LogP contribution >= 0.6 is 11.6 Å². The molecule has 0 spiro atoms. The van der Waals surface area contributed by atoms with Crippen molar-refractivity contribution >= 4 is 17.7 Å². The highest BCUT2D eigenvalue weighted by Crippen LogP contribution is 2.35. The molecule has 0 aromatic heterocycles. The minimum Gasteiger partial charge on any atom is -0.507 e. The Morgan fingerprint density at radius 3 is 2.70 bits per heavy atom. The van der Waals surface area contributed by atoms with Gasteiger partial charge in [0.1, 0.15) is 17.2 Å². The molecule has 0 saturated heterocycles. The molecule has 1 aliphatic heterocycles. The maximum Gasteiger partial charge on any atom is 0.410 e. The van der Waals surface area contributed by atoms with Crippen LogP contribution in [0, 0.1) is 5.82 Å². The Balaban J connectivity index is 2.24. The van der Waals surface area contributed by atoms with Crippen molar-refractivity contribution in [3.05, 3.63) is 28.0 Å². The smallest absolute Gasteiger partial charge is 0.410 e. The number of halogens is 2. The SMILES string of the molecule is CC(C)(C)OC(=O)N1CCc2c(Cl)c(F)cc(O)c2C1. The Bertz CT molecular complexity index is 554. The maximum atomic E-state index is 13.4. The van der Waals surface area contributed by atoms with Gasteiger partial charge < -0.3 is 14.7 Å². The molecule has 2 rings (SSSR count). The van der Waals surface area contributed by atoms with E-state index in [9.17, 15) is 14.3 Å². The number of hydrogen-bond acceptors (Lipinski definition) is 3. The quantitative estimate of drug-likeness (QED) is 0.798. The van der Waals surface area contributed by atoms with E-state index in [1.54, 1.807) is 20.8 Å². The van der Waals surface area contributed by atoms with Gasteiger partial charge in [-0.05, 0) is 32.8 Å². The normalized spacial score (nSPS) is 14.9. The van der Waals surface area contributed by atoms with Crippen molar-refractivity contribution in [2.45, 2.75) is 39.3 Å². The van der Waals surface area contributed by atoms with Crippen LogP contribution in [0.3, 0.4) is 0 Å². The molecule has 1 aromatic rings. The molecular weight excluding hydrogens is 285 g/mol. The van der Waals surface area contributed by atoms with Crippen molar-refractivity contribution in [1.82, 2.24) is 4.90 Å². The molecule has 0 atom stereocenters. The largest absolute Gasteiger partial charge is 0.507 e. The molecule has 1 N–H and O–H groups in total. The Labute approximate surface area is 122 Å². The van der Waals surface area contributed by atoms with E-state index in [-0.39, 0.29) is 17.3 Å². The van der Waals surface area contributed by atoms with Crippen LogP contribution in [0.25, 0.3) is 0 Å². The molecule has 4 nitrogen and oxygen atoms in total. The maximum absolute atomic E-state index is 13.4. The highest BCUT2D eigenvalue weighted by atomic mass is 35.5. The number of rotatable bonds is 0. The number of carbonyl (C=O) groups excluding carboxylic acids is 1. The van der Waals surface area contributed by atoms with Crippen molar-refractivity contribution in [2.24, 2.45) is 0 Å². The van der Waals surface area contributed by atoms with E-state index in [0.717, 1.165) is 6.07 Å². The summed E-state index contributed by atoms with van der Waals surface area (Å²) in [6.07, 6.45) is -0.0679. The lowest BCUT2D eigenvalue weighted by atomic mass is 9.98. The summed E-state index contributed by atoms with van der Waals surface area (Å²) >= 11 is 5.90. The number of amides is 1. The third-order valence-corrected chi connectivity index (χ3v) is 3.45. The Hall–Kier alpha value is -1.49. The fourth-order valence-electron chi connectivity index (χ4n) is 2.14. The zero-order valence-corrected chi connectivity index (χ0v) is 12.4. The van der Waals surface area contributed by atoms with Crippen LogP contribution in [0.4, 0.5) is 9.18 Å². The monoisotopic (exact) mass is 301 g/mol. The zero-order chi connectivity index (χ0) is 15.1. The standard InChI is InChI=1S/C14H17ClFNO3/c1-14(2,3)20-13(19)17-5-4-8-9(7-17)11(18)6-10(16)12(8)15/h6,18H,4-5,7H2,1-3H3. The van der Waals surface area contributed by atoms with Gasteiger partial charge in [-0.25, -0.2) is 9.18 Å². The second-order valence-corrected chi connectivity index (χ2v) is 6.18. The summed E-state index contributed by atoms with van der Waals surface area (Å²) in [5.74, 6) is -0.830. The van der Waals surface area contributed by atoms with E-state index in [4.69, 9.17) is 16.3 Å². The number of carbonyl (C=O) groups is 1. The topological polar surface area (TPSA) is 49.8 Å². The van der Waals surface area contributed by atoms with Gasteiger partial charge in [-0.1, -0.05) is 11.6 Å². The average molecular weight is 302 g/mol. The van der Waals surface area contributed by atoms with Gasteiger partial charge in [0, 0.05) is 18.2 Å². The fraction of sp³-hybridized carbons (Fsp3) is 0.500. The number of ether oxygens (including phenoxy) is 1. The van der Waals surface area contributed by atoms with Crippen LogP contribution in [0.2, 0.25) is 5.02 Å². The molecule has 6 heteroatoms. The van der Waals surface area contributed by atoms with Gasteiger partial charge in [0.05, 0.1) is 11.6 Å². The predicted octanol–water partition coefficient (Wildman–Crippen LogP) is 3.48. The zero-order valence-electron chi connectivity index (χ0n) is 11.7. The van der Waals surface area contributed by atoms with E-state index in [1.165, 1.54) is 4.90 Å². The van der Waals surface area contributed by atoms with Crippen LogP contribution in [-0.2, 0) is 17.7 Å². The minimum atomic E-state index is -0.645. The van der Waals surface area contributed by atoms with E-state index in [2.05, 4.69) is 0 Å². The van der Waals surface area contributed by atoms with Gasteiger partial charge in [-0.15, -0.1) is 0 Å². The van der Waals surface area contributed by atoms with Crippen LogP contribution < -0.4 is 0 Å². The van der Waals surface area contributed by atoms with E-state index in [1.807, 2.05) is 0 Å². The highest BCUT2D eigenvalue weighted by Gasteiger charge is 2.29. The molecule has 110 valence electrons. The lowest BCUT2D eigenvalue weighted by Crippen LogP contribution is -2.40. The van der Waals surface area contributed by atoms with Gasteiger partial charge in [-0.3, -0.25) is 0 Å². The molecule has 0 unspecified atom stereocenters. The highest BCUT2D eigenvalue weighted by molar-refractivity contribution is 6.31. The van der Waals surface area contributed by atoms with Gasteiger partial charge in [0.2, 0.25) is 0 Å². The van der Waals surface area contributed by atoms with E-state index in [0.29, 0.717) is 24.1 Å². The molecule has 0 fully saturated rings. The summed E-state index contributed by atoms with van der Waals surface area (Å²) in [5.41, 5.74) is 0.456. The summed E-state index contributed by atoms with van der Waals surface area (Å²) < 4.78 is 18.7. The third-order valence-electron chi connectivity index (χ3n) is 3.04. The fourth-order valence-corrected chi connectivity index (χ4v) is 2.40. The first-order chi connectivity index (χ1) is 9.19. The summed E-state index contributed by atoms with van der Waals surface area (Å²) in [6.45, 7) is 5.89. The number of benzene rings is 1. The molecule has 0 radical (unpaired) electrons. The number of phenols is 1. The summed E-state index contributed by atoms with van der Waals surface area (Å²) in [4.78, 5) is 13.5. The first-order valence-corrected chi connectivity index (χ1v) is 6.73. The first-order valence-electron chi connectivity index (χ1n) is 6.35. The molecular formula is C14H17ClFNO3. The van der Waals surface area contributed by atoms with Crippen LogP contribution in [0.5, 0.6) is 5.75 Å². The van der Waals surface area contributed by atoms with Gasteiger partial charge in [-0.2, -0.15) is 0 Å². The summed E-state index contributed by atoms with van der Waals surface area (Å²) in [5, 5.41) is 9.83. The second kappa shape index (κ2) is 5.13. The number of aromatic hydroxyl groups is 1. The molecule has 20 heavy (non-hydrogen) atoms. The lowest BCUT2D eigenvalue weighted by molar-refractivity contribution is 0.0222. The second-order valence-electron chi connectivity index (χ2n) is 5.80. The van der Waals surface area contributed by atoms with Crippen LogP contribution in [0.1, 0.15) is 31.9 Å². The number of fused-ring (bicyclic) bond motifs is 1. The van der Waals surface area contributed by atoms with E-state index >= 15 is 0 Å². The molecule has 1 aliphatic rings. The van der Waals surface area contributed by atoms with Crippen molar-refractivity contribution in [1.29, 1.82) is 0 Å². The van der Waals surface area contributed by atoms with Crippen LogP contribution in [0.15, 0.2) is 6.07 Å². The van der Waals surface area contributed by atoms with Gasteiger partial charge in [0.15, 0.2) is 0 Å². The lowest BCUT2D eigenvalue weighted by Gasteiger charge is -2.31. The van der Waals surface area contributed by atoms with Crippen molar-refractivity contribution < 1.29 is 19.0 Å². The molecule has 0 bridgehead atoms. The first kappa shape index (κ1) is 14.9. The van der Waals surface area contributed by atoms with Crippen molar-refractivity contribution in [2.75, 3.05) is 6.54 Å². The van der Waals surface area contributed by atoms with Gasteiger partial charge >= 0.3 is 6.09 Å². The number of nitrogens with zero attached hydrogens (tertiary/aromatic N) is 1. The number of phenolic OH excluding ortho intramolecular Hbond substituents is 1. The Kier molecular flexibility index (Phi) is 3.82. The Morgan fingerprint density at radius 1 is 1.45 bits per heavy atom. The summed E-state index contributed by atoms with van der Waals surface area (Å²) in [6, 6.07) is 0.972. The molecule has 0 aliphatic carbocycles. The van der Waals surface area contributed by atoms with Crippen LogP contribution in [-0.4, -0.2) is 28.2 Å². The van der Waals surface area contributed by atoms with Gasteiger partial charge in [0.25, 0.3) is 0 Å². The van der Waals surface area contributed by atoms with Crippen molar-refractivity contribution in [3.63, 3.8) is 0 Å². The predicted molar refractivity (Wildman–Crippen MR) is 73.4 cm³/mol. The molecule has 1 heterocycles. The van der Waals surface area contributed by atoms with E-state index < -0.39 is 17.5 Å². The van der Waals surface area contributed by atoms with Crippen molar-refractivity contribution in [3.8, 4) is 5.75 Å². The summed E-state index contributed by atoms with van der Waals surface area (Å²) in [7, 11) is 0. The Morgan fingerprint density at radius 2 is 2.10 bits per heavy atom. The molecule has 1 aromatic carbocycles. The molecule has 1 amide bonds. The third kappa shape index (κ3) is 2.98. The number of hydrogen-bond donors (Lipinski definition) is 1. The minimum absolute atomic E-state index is 0.0154. The average Bonchev–Trinajstić information content (AvgIpc) is 2.33.